The Hall–Kier alpha value is -3.88. The zero-order valence-electron chi connectivity index (χ0n) is 20.1. The first-order valence-corrected chi connectivity index (χ1v) is 11.3. The van der Waals surface area contributed by atoms with Gasteiger partial charge in [-0.3, -0.25) is 9.78 Å². The molecule has 0 fully saturated rings. The molecule has 0 bridgehead atoms. The van der Waals surface area contributed by atoms with E-state index in [4.69, 9.17) is 9.84 Å². The number of rotatable bonds is 9. The number of carboxylic acid groups (broad SMARTS) is 1. The molecular formula is C27H27F3N2O4. The van der Waals surface area contributed by atoms with Crippen molar-refractivity contribution in [3.8, 4) is 17.0 Å². The summed E-state index contributed by atoms with van der Waals surface area (Å²) in [6.07, 6.45) is -2.86. The van der Waals surface area contributed by atoms with E-state index in [0.29, 0.717) is 41.2 Å². The Morgan fingerprint density at radius 2 is 1.61 bits per heavy atom. The molecule has 1 aromatic heterocycles. The zero-order chi connectivity index (χ0) is 26.5. The quantitative estimate of drug-likeness (QED) is 0.361. The Bertz CT molecular complexity index is 1220. The maximum atomic E-state index is 12.8. The van der Waals surface area contributed by atoms with Gasteiger partial charge in [0.1, 0.15) is 5.75 Å². The minimum absolute atomic E-state index is 0.176. The third-order valence-electron chi connectivity index (χ3n) is 5.55. The first kappa shape index (κ1) is 26.7. The van der Waals surface area contributed by atoms with Crippen molar-refractivity contribution in [1.29, 1.82) is 0 Å². The number of pyridine rings is 1. The summed E-state index contributed by atoms with van der Waals surface area (Å²) >= 11 is 0. The van der Waals surface area contributed by atoms with Gasteiger partial charge in [-0.1, -0.05) is 24.3 Å². The Labute approximate surface area is 207 Å². The molecule has 0 atom stereocenters. The van der Waals surface area contributed by atoms with Gasteiger partial charge in [0.15, 0.2) is 5.60 Å². The number of hydrogen-bond donors (Lipinski definition) is 2. The monoisotopic (exact) mass is 500 g/mol. The maximum absolute atomic E-state index is 12.8. The summed E-state index contributed by atoms with van der Waals surface area (Å²) < 4.78 is 43.8. The fourth-order valence-electron chi connectivity index (χ4n) is 3.41. The number of benzene rings is 2. The summed E-state index contributed by atoms with van der Waals surface area (Å²) in [7, 11) is 0. The van der Waals surface area contributed by atoms with Gasteiger partial charge >= 0.3 is 12.1 Å². The molecule has 0 spiro atoms. The first-order chi connectivity index (χ1) is 16.8. The van der Waals surface area contributed by atoms with Gasteiger partial charge in [0.25, 0.3) is 0 Å². The number of halogens is 3. The summed E-state index contributed by atoms with van der Waals surface area (Å²) in [6, 6.07) is 15.2. The summed E-state index contributed by atoms with van der Waals surface area (Å²) in [5, 5.41) is 12.0. The first-order valence-electron chi connectivity index (χ1n) is 11.3. The average Bonchev–Trinajstić information content (AvgIpc) is 2.81. The number of carboxylic acids is 1. The van der Waals surface area contributed by atoms with Crippen LogP contribution in [0.1, 0.15) is 43.5 Å². The zero-order valence-corrected chi connectivity index (χ0v) is 20.1. The second-order valence-electron chi connectivity index (χ2n) is 8.87. The number of alkyl halides is 3. The molecule has 2 N–H and O–H groups in total. The smallest absolute Gasteiger partial charge is 0.416 e. The van der Waals surface area contributed by atoms with Crippen LogP contribution in [-0.4, -0.2) is 27.6 Å². The SMILES string of the molecule is Cc1nc(-c2ccc(C(F)(F)F)cc2)ccc1NC(=O)CCCc1ccc(OC(C)(C)C(=O)O)cc1. The molecule has 0 aliphatic carbocycles. The third-order valence-corrected chi connectivity index (χ3v) is 5.55. The Morgan fingerprint density at radius 1 is 0.972 bits per heavy atom. The second kappa shape index (κ2) is 10.8. The lowest BCUT2D eigenvalue weighted by atomic mass is 10.1. The van der Waals surface area contributed by atoms with E-state index in [1.165, 1.54) is 26.0 Å². The number of nitrogens with one attached hydrogen (secondary N) is 1. The van der Waals surface area contributed by atoms with Crippen molar-refractivity contribution in [3.63, 3.8) is 0 Å². The molecule has 1 heterocycles. The van der Waals surface area contributed by atoms with Gasteiger partial charge in [0, 0.05) is 12.0 Å². The van der Waals surface area contributed by atoms with Gasteiger partial charge in [0.2, 0.25) is 5.91 Å². The van der Waals surface area contributed by atoms with Crippen molar-refractivity contribution in [1.82, 2.24) is 4.98 Å². The summed E-state index contributed by atoms with van der Waals surface area (Å²) in [5.74, 6) is -0.783. The summed E-state index contributed by atoms with van der Waals surface area (Å²) in [6.45, 7) is 4.67. The minimum atomic E-state index is -4.40. The van der Waals surface area contributed by atoms with Crippen molar-refractivity contribution in [2.45, 2.75) is 51.8 Å². The van der Waals surface area contributed by atoms with E-state index in [2.05, 4.69) is 10.3 Å². The van der Waals surface area contributed by atoms with Crippen molar-refractivity contribution in [2.24, 2.45) is 0 Å². The van der Waals surface area contributed by atoms with Crippen molar-refractivity contribution >= 4 is 17.6 Å². The van der Waals surface area contributed by atoms with Crippen LogP contribution in [0.5, 0.6) is 5.75 Å². The molecule has 3 rings (SSSR count). The second-order valence-corrected chi connectivity index (χ2v) is 8.87. The molecule has 0 saturated carbocycles. The number of anilines is 1. The lowest BCUT2D eigenvalue weighted by Gasteiger charge is -2.21. The average molecular weight is 501 g/mol. The van der Waals surface area contributed by atoms with Crippen LogP contribution < -0.4 is 10.1 Å². The van der Waals surface area contributed by atoms with Crippen LogP contribution in [0.25, 0.3) is 11.3 Å². The maximum Gasteiger partial charge on any atom is 0.416 e. The van der Waals surface area contributed by atoms with Gasteiger partial charge in [-0.05, 0) is 75.6 Å². The molecule has 190 valence electrons. The van der Waals surface area contributed by atoms with Gasteiger partial charge < -0.3 is 15.2 Å². The fraction of sp³-hybridized carbons (Fsp3) is 0.296. The molecule has 9 heteroatoms. The number of hydrogen-bond acceptors (Lipinski definition) is 4. The number of carbonyl (C=O) groups is 2. The van der Waals surface area contributed by atoms with Crippen LogP contribution in [0.15, 0.2) is 60.7 Å². The molecule has 0 unspecified atom stereocenters. The molecule has 0 radical (unpaired) electrons. The number of amides is 1. The number of aromatic nitrogens is 1. The van der Waals surface area contributed by atoms with E-state index in [0.717, 1.165) is 17.7 Å². The van der Waals surface area contributed by atoms with Crippen LogP contribution in [0.4, 0.5) is 18.9 Å². The highest BCUT2D eigenvalue weighted by Crippen LogP contribution is 2.31. The lowest BCUT2D eigenvalue weighted by molar-refractivity contribution is -0.152. The summed E-state index contributed by atoms with van der Waals surface area (Å²) in [4.78, 5) is 28.0. The van der Waals surface area contributed by atoms with E-state index in [1.54, 1.807) is 31.2 Å². The highest BCUT2D eigenvalue weighted by Gasteiger charge is 2.30. The number of nitrogens with zero attached hydrogens (tertiary/aromatic N) is 1. The Balaban J connectivity index is 1.51. The van der Waals surface area contributed by atoms with Gasteiger partial charge in [0.05, 0.1) is 22.6 Å². The molecule has 6 nitrogen and oxygen atoms in total. The van der Waals surface area contributed by atoms with E-state index in [1.807, 2.05) is 12.1 Å². The number of carbonyl (C=O) groups excluding carboxylic acids is 1. The molecule has 1 amide bonds. The van der Waals surface area contributed by atoms with Gasteiger partial charge in [-0.15, -0.1) is 0 Å². The molecule has 0 aliphatic rings. The predicted octanol–water partition coefficient (Wildman–Crippen LogP) is 6.28. The van der Waals surface area contributed by atoms with Crippen molar-refractivity contribution in [3.05, 3.63) is 77.5 Å². The van der Waals surface area contributed by atoms with Crippen LogP contribution in [0.3, 0.4) is 0 Å². The Kier molecular flexibility index (Phi) is 8.02. The normalized spacial score (nSPS) is 11.7. The fourth-order valence-corrected chi connectivity index (χ4v) is 3.41. The van der Waals surface area contributed by atoms with Crippen LogP contribution in [-0.2, 0) is 22.2 Å². The van der Waals surface area contributed by atoms with E-state index < -0.39 is 23.3 Å². The standard InChI is InChI=1S/C27H27F3N2O4/c1-17-22(15-16-23(31-17)19-9-11-20(12-10-19)27(28,29)30)32-24(33)6-4-5-18-7-13-21(14-8-18)36-26(2,3)25(34)35/h7-16H,4-6H2,1-3H3,(H,32,33)(H,34,35). The number of aryl methyl sites for hydroxylation is 2. The van der Waals surface area contributed by atoms with Crippen LogP contribution in [0, 0.1) is 6.92 Å². The van der Waals surface area contributed by atoms with Crippen LogP contribution in [0.2, 0.25) is 0 Å². The topological polar surface area (TPSA) is 88.5 Å². The molecule has 0 saturated heterocycles. The van der Waals surface area contributed by atoms with E-state index >= 15 is 0 Å². The Morgan fingerprint density at radius 3 is 2.17 bits per heavy atom. The minimum Gasteiger partial charge on any atom is -0.478 e. The highest BCUT2D eigenvalue weighted by atomic mass is 19.4. The molecule has 2 aromatic carbocycles. The van der Waals surface area contributed by atoms with E-state index in [9.17, 15) is 22.8 Å². The van der Waals surface area contributed by atoms with Crippen molar-refractivity contribution in [2.75, 3.05) is 5.32 Å². The summed E-state index contributed by atoms with van der Waals surface area (Å²) in [5.41, 5.74) is 1.09. The van der Waals surface area contributed by atoms with Gasteiger partial charge in [-0.2, -0.15) is 13.2 Å². The predicted molar refractivity (Wildman–Crippen MR) is 130 cm³/mol. The molecule has 36 heavy (non-hydrogen) atoms. The number of aliphatic carboxylic acids is 1. The van der Waals surface area contributed by atoms with Gasteiger partial charge in [-0.25, -0.2) is 4.79 Å². The van der Waals surface area contributed by atoms with Crippen molar-refractivity contribution < 1.29 is 32.6 Å². The van der Waals surface area contributed by atoms with E-state index in [-0.39, 0.29) is 12.3 Å². The largest absolute Gasteiger partial charge is 0.478 e. The molecule has 3 aromatic rings. The number of ether oxygens (including phenoxy) is 1. The third kappa shape index (κ3) is 7.07. The highest BCUT2D eigenvalue weighted by molar-refractivity contribution is 5.91. The lowest BCUT2D eigenvalue weighted by Crippen LogP contribution is -2.37. The molecule has 0 aliphatic heterocycles. The van der Waals surface area contributed by atoms with Crippen LogP contribution >= 0.6 is 0 Å². The molecular weight excluding hydrogens is 473 g/mol.